The summed E-state index contributed by atoms with van der Waals surface area (Å²) in [5.74, 6) is -0.00102. The molecule has 15 heteroatoms. The van der Waals surface area contributed by atoms with Crippen molar-refractivity contribution < 1.29 is 35.8 Å². The summed E-state index contributed by atoms with van der Waals surface area (Å²) >= 11 is 2.92. The van der Waals surface area contributed by atoms with Gasteiger partial charge in [-0.1, -0.05) is 27.7 Å². The normalized spacial score (nSPS) is 14.7. The maximum Gasteiger partial charge on any atom is 0.420 e. The number of pyridine rings is 2. The Balaban J connectivity index is 0.000000332. The molecule has 0 saturated carbocycles. The van der Waals surface area contributed by atoms with Crippen LogP contribution in [0, 0.1) is 18.8 Å². The largest absolute Gasteiger partial charge is 0.489 e. The number of alkyl halides is 6. The average molecular weight is 724 g/mol. The quantitative estimate of drug-likeness (QED) is 0.151. The Morgan fingerprint density at radius 2 is 1.20 bits per heavy atom. The van der Waals surface area contributed by atoms with Gasteiger partial charge in [0.2, 0.25) is 0 Å². The lowest BCUT2D eigenvalue weighted by atomic mass is 9.93. The van der Waals surface area contributed by atoms with E-state index in [-0.39, 0.29) is 35.0 Å². The van der Waals surface area contributed by atoms with Crippen molar-refractivity contribution in [1.29, 1.82) is 0 Å². The van der Waals surface area contributed by atoms with E-state index in [1.807, 2.05) is 27.7 Å². The molecule has 3 aromatic heterocycles. The fourth-order valence-electron chi connectivity index (χ4n) is 4.77. The number of halogens is 7. The van der Waals surface area contributed by atoms with E-state index >= 15 is 0 Å². The number of aromatic nitrogens is 4. The van der Waals surface area contributed by atoms with Gasteiger partial charge in [-0.05, 0) is 79.6 Å². The lowest BCUT2D eigenvalue weighted by molar-refractivity contribution is -0.140. The summed E-state index contributed by atoms with van der Waals surface area (Å²) in [6.45, 7) is 13.2. The summed E-state index contributed by atoms with van der Waals surface area (Å²) in [6, 6.07) is 3.48. The molecule has 0 spiro atoms. The molecule has 2 atom stereocenters. The van der Waals surface area contributed by atoms with Gasteiger partial charge in [0.05, 0.1) is 30.0 Å². The Labute approximate surface area is 273 Å². The van der Waals surface area contributed by atoms with Gasteiger partial charge < -0.3 is 20.9 Å². The number of ether oxygens (including phenoxy) is 2. The van der Waals surface area contributed by atoms with Crippen molar-refractivity contribution in [3.63, 3.8) is 0 Å². The standard InChI is InChI=1S/C18H23F3N4O.C13H18BrF3N2O/c1-11(2)7-17(4,22)10-26-16-9-23-15(6-14(16)18(19,20)21)13-5-12(3)25-24-8-13;1-8(2)5-12(3,18)7-20-10-6-19-11(14)4-9(10)13(15,16)17/h5-6,8-9,11H,7,10,22H2,1-4H3;4,6,8H,5,7,18H2,1-3H3/t17-;12-/m11/s1. The Morgan fingerprint density at radius 1 is 0.739 bits per heavy atom. The fraction of sp³-hybridized carbons (Fsp3) is 0.548. The Bertz CT molecular complexity index is 1430. The number of hydrogen-bond donors (Lipinski definition) is 2. The number of aryl methyl sites for hydroxylation is 1. The monoisotopic (exact) mass is 722 g/mol. The van der Waals surface area contributed by atoms with Crippen molar-refractivity contribution in [3.8, 4) is 22.8 Å². The van der Waals surface area contributed by atoms with Gasteiger partial charge in [-0.15, -0.1) is 0 Å². The molecule has 3 heterocycles. The van der Waals surface area contributed by atoms with Gasteiger partial charge in [0.25, 0.3) is 0 Å². The second kappa shape index (κ2) is 15.7. The zero-order valence-corrected chi connectivity index (χ0v) is 28.4. The Hall–Kier alpha value is -3.04. The molecule has 0 aliphatic carbocycles. The first-order chi connectivity index (χ1) is 21.0. The summed E-state index contributed by atoms with van der Waals surface area (Å²) in [7, 11) is 0. The highest BCUT2D eigenvalue weighted by atomic mass is 79.9. The zero-order chi connectivity index (χ0) is 35.1. The highest BCUT2D eigenvalue weighted by molar-refractivity contribution is 9.10. The highest BCUT2D eigenvalue weighted by Crippen LogP contribution is 2.39. The van der Waals surface area contributed by atoms with Gasteiger partial charge in [-0.25, -0.2) is 4.98 Å². The van der Waals surface area contributed by atoms with E-state index in [1.165, 1.54) is 6.20 Å². The summed E-state index contributed by atoms with van der Waals surface area (Å²) in [6.07, 6.45) is -4.29. The molecule has 8 nitrogen and oxygen atoms in total. The third kappa shape index (κ3) is 13.0. The number of hydrogen-bond acceptors (Lipinski definition) is 8. The van der Waals surface area contributed by atoms with Crippen molar-refractivity contribution in [1.82, 2.24) is 20.2 Å². The maximum absolute atomic E-state index is 13.5. The van der Waals surface area contributed by atoms with Crippen molar-refractivity contribution in [2.75, 3.05) is 13.2 Å². The van der Waals surface area contributed by atoms with Crippen molar-refractivity contribution in [3.05, 3.63) is 58.2 Å². The summed E-state index contributed by atoms with van der Waals surface area (Å²) < 4.78 is 89.9. The van der Waals surface area contributed by atoms with E-state index in [4.69, 9.17) is 20.9 Å². The van der Waals surface area contributed by atoms with E-state index in [1.54, 1.807) is 26.8 Å². The van der Waals surface area contributed by atoms with E-state index in [2.05, 4.69) is 36.1 Å². The third-order valence-corrected chi connectivity index (χ3v) is 6.68. The highest BCUT2D eigenvalue weighted by Gasteiger charge is 2.37. The van der Waals surface area contributed by atoms with E-state index < -0.39 is 34.6 Å². The topological polar surface area (TPSA) is 122 Å². The number of nitrogens with two attached hydrogens (primary N) is 2. The minimum absolute atomic E-state index is 0.00241. The van der Waals surface area contributed by atoms with E-state index in [9.17, 15) is 26.3 Å². The molecule has 0 bridgehead atoms. The van der Waals surface area contributed by atoms with Crippen LogP contribution >= 0.6 is 15.9 Å². The molecular formula is C31H41BrF6N6O2. The van der Waals surface area contributed by atoms with Crippen LogP contribution in [0.5, 0.6) is 11.5 Å². The first-order valence-electron chi connectivity index (χ1n) is 14.4. The molecule has 256 valence electrons. The molecule has 0 aliphatic rings. The predicted octanol–water partition coefficient (Wildman–Crippen LogP) is 8.01. The summed E-state index contributed by atoms with van der Waals surface area (Å²) in [5, 5.41) is 7.55. The lowest BCUT2D eigenvalue weighted by Gasteiger charge is -2.27. The Morgan fingerprint density at radius 3 is 1.63 bits per heavy atom. The first-order valence-corrected chi connectivity index (χ1v) is 15.2. The third-order valence-electron chi connectivity index (χ3n) is 6.25. The minimum Gasteiger partial charge on any atom is -0.489 e. The van der Waals surface area contributed by atoms with Crippen molar-refractivity contribution >= 4 is 15.9 Å². The molecule has 0 unspecified atom stereocenters. The van der Waals surface area contributed by atoms with Crippen LogP contribution in [0.1, 0.15) is 71.2 Å². The molecule has 0 saturated heterocycles. The van der Waals surface area contributed by atoms with Gasteiger partial charge >= 0.3 is 12.4 Å². The number of rotatable bonds is 11. The lowest BCUT2D eigenvalue weighted by Crippen LogP contribution is -2.43. The Kier molecular flexibility index (Phi) is 13.4. The van der Waals surface area contributed by atoms with Crippen LogP contribution in [-0.4, -0.2) is 44.5 Å². The van der Waals surface area contributed by atoms with Crippen molar-refractivity contribution in [2.24, 2.45) is 23.3 Å². The molecule has 4 N–H and O–H groups in total. The smallest absolute Gasteiger partial charge is 0.420 e. The SMILES string of the molecule is CC(C)C[C@@](C)(N)COc1cnc(Br)cc1C(F)(F)F.Cc1cc(-c2cc(C(F)(F)F)c(OC[C@](C)(N)CC(C)C)cn2)cnn1. The fourth-order valence-corrected chi connectivity index (χ4v) is 5.10. The molecule has 46 heavy (non-hydrogen) atoms. The van der Waals surface area contributed by atoms with Crippen LogP contribution in [0.15, 0.2) is 41.4 Å². The molecule has 3 aromatic rings. The van der Waals surface area contributed by atoms with Crippen LogP contribution in [0.3, 0.4) is 0 Å². The molecule has 3 rings (SSSR count). The first kappa shape index (κ1) is 39.1. The average Bonchev–Trinajstić information content (AvgIpc) is 2.89. The second-order valence-corrected chi connectivity index (χ2v) is 13.5. The molecule has 0 aromatic carbocycles. The number of nitrogens with zero attached hydrogens (tertiary/aromatic N) is 4. The van der Waals surface area contributed by atoms with Crippen LogP contribution in [-0.2, 0) is 12.4 Å². The molecule has 0 aliphatic heterocycles. The van der Waals surface area contributed by atoms with Gasteiger partial charge in [-0.3, -0.25) is 4.98 Å². The predicted molar refractivity (Wildman–Crippen MR) is 167 cm³/mol. The van der Waals surface area contributed by atoms with Crippen molar-refractivity contribution in [2.45, 2.75) is 84.7 Å². The van der Waals surface area contributed by atoms with E-state index in [0.29, 0.717) is 35.9 Å². The maximum atomic E-state index is 13.5. The van der Waals surface area contributed by atoms with E-state index in [0.717, 1.165) is 24.5 Å². The molecule has 0 radical (unpaired) electrons. The molecular weight excluding hydrogens is 682 g/mol. The molecule has 0 amide bonds. The van der Waals surface area contributed by atoms with Gasteiger partial charge in [0.15, 0.2) is 0 Å². The van der Waals surface area contributed by atoms with Crippen LogP contribution < -0.4 is 20.9 Å². The molecule has 0 fully saturated rings. The van der Waals surface area contributed by atoms with Crippen LogP contribution in [0.4, 0.5) is 26.3 Å². The summed E-state index contributed by atoms with van der Waals surface area (Å²) in [4.78, 5) is 7.86. The van der Waals surface area contributed by atoms with Crippen LogP contribution in [0.2, 0.25) is 0 Å². The zero-order valence-electron chi connectivity index (χ0n) is 26.9. The second-order valence-electron chi connectivity index (χ2n) is 12.7. The van der Waals surface area contributed by atoms with Gasteiger partial charge in [0, 0.05) is 16.6 Å². The summed E-state index contributed by atoms with van der Waals surface area (Å²) in [5.41, 5.74) is 10.2. The van der Waals surface area contributed by atoms with Gasteiger partial charge in [0.1, 0.15) is 40.4 Å². The minimum atomic E-state index is -4.58. The van der Waals surface area contributed by atoms with Gasteiger partial charge in [-0.2, -0.15) is 36.5 Å². The van der Waals surface area contributed by atoms with Crippen LogP contribution in [0.25, 0.3) is 11.3 Å².